The van der Waals surface area contributed by atoms with E-state index < -0.39 is 18.0 Å². The number of carbonyl (C=O) groups is 3. The van der Waals surface area contributed by atoms with Crippen molar-refractivity contribution in [3.8, 4) is 0 Å². The van der Waals surface area contributed by atoms with Crippen LogP contribution in [0.3, 0.4) is 0 Å². The minimum atomic E-state index is -1.17. The van der Waals surface area contributed by atoms with E-state index >= 15 is 0 Å². The first kappa shape index (κ1) is 23.8. The standard InChI is InChI=1S/C11H23NO.C5H9NO4/c1-4-5-6-7-8-9-11(13)10-12(2)3;6-3(5(9)10)1-2-4(7)8/h4-10H2,1-3H3;3H,1-2,6H2,(H,7,8)(H,9,10)/t;3-/m.0/s1. The second-order valence-electron chi connectivity index (χ2n) is 5.82. The highest BCUT2D eigenvalue weighted by Crippen LogP contribution is 2.05. The maximum atomic E-state index is 11.2. The van der Waals surface area contributed by atoms with Gasteiger partial charge in [0.15, 0.2) is 0 Å². The van der Waals surface area contributed by atoms with Crippen LogP contribution in [0.5, 0.6) is 0 Å². The Morgan fingerprint density at radius 3 is 2.00 bits per heavy atom. The molecular formula is C16H32N2O5. The van der Waals surface area contributed by atoms with Crippen molar-refractivity contribution >= 4 is 17.7 Å². The van der Waals surface area contributed by atoms with Crippen molar-refractivity contribution in [3.63, 3.8) is 0 Å². The summed E-state index contributed by atoms with van der Waals surface area (Å²) in [6.07, 6.45) is 6.69. The molecule has 0 aromatic carbocycles. The van der Waals surface area contributed by atoms with E-state index in [1.54, 1.807) is 0 Å². The molecule has 4 N–H and O–H groups in total. The number of carboxylic acid groups (broad SMARTS) is 2. The molecule has 0 heterocycles. The van der Waals surface area contributed by atoms with Gasteiger partial charge in [-0.2, -0.15) is 0 Å². The van der Waals surface area contributed by atoms with Crippen molar-refractivity contribution < 1.29 is 24.6 Å². The number of nitrogens with two attached hydrogens (primary N) is 1. The lowest BCUT2D eigenvalue weighted by Crippen LogP contribution is -2.30. The van der Waals surface area contributed by atoms with Crippen molar-refractivity contribution in [2.45, 2.75) is 64.3 Å². The molecule has 0 saturated carbocycles. The van der Waals surface area contributed by atoms with Gasteiger partial charge in [-0.1, -0.05) is 32.6 Å². The molecule has 0 aromatic heterocycles. The van der Waals surface area contributed by atoms with Gasteiger partial charge in [0.05, 0.1) is 6.54 Å². The van der Waals surface area contributed by atoms with Crippen LogP contribution in [0.1, 0.15) is 58.3 Å². The number of rotatable bonds is 12. The molecule has 0 saturated heterocycles. The van der Waals surface area contributed by atoms with E-state index in [9.17, 15) is 14.4 Å². The van der Waals surface area contributed by atoms with Crippen LogP contribution in [-0.2, 0) is 14.4 Å². The van der Waals surface area contributed by atoms with Crippen LogP contribution in [0.4, 0.5) is 0 Å². The first-order chi connectivity index (χ1) is 10.7. The normalized spacial score (nSPS) is 11.5. The van der Waals surface area contributed by atoms with Crippen molar-refractivity contribution in [3.05, 3.63) is 0 Å². The SMILES string of the molecule is CCCCCCCC(=O)CN(C)C.N[C@@H](CCC(=O)O)C(=O)O. The maximum absolute atomic E-state index is 11.2. The van der Waals surface area contributed by atoms with Crippen molar-refractivity contribution in [1.82, 2.24) is 4.90 Å². The zero-order valence-electron chi connectivity index (χ0n) is 14.6. The highest BCUT2D eigenvalue weighted by molar-refractivity contribution is 5.80. The third kappa shape index (κ3) is 20.5. The largest absolute Gasteiger partial charge is 0.481 e. The number of likely N-dealkylation sites (N-methyl/N-ethyl adjacent to an activating group) is 1. The molecule has 0 unspecified atom stereocenters. The Bertz CT molecular complexity index is 345. The monoisotopic (exact) mass is 332 g/mol. The fourth-order valence-electron chi connectivity index (χ4n) is 1.76. The summed E-state index contributed by atoms with van der Waals surface area (Å²) in [5.41, 5.74) is 5.00. The van der Waals surface area contributed by atoms with E-state index in [2.05, 4.69) is 6.92 Å². The number of hydrogen-bond acceptors (Lipinski definition) is 5. The summed E-state index contributed by atoms with van der Waals surface area (Å²) in [7, 11) is 3.88. The summed E-state index contributed by atoms with van der Waals surface area (Å²) < 4.78 is 0. The molecule has 7 nitrogen and oxygen atoms in total. The van der Waals surface area contributed by atoms with E-state index in [-0.39, 0.29) is 12.8 Å². The second-order valence-corrected chi connectivity index (χ2v) is 5.82. The third-order valence-corrected chi connectivity index (χ3v) is 3.04. The molecule has 0 aliphatic rings. The second kappa shape index (κ2) is 15.4. The molecule has 0 spiro atoms. The van der Waals surface area contributed by atoms with Crippen molar-refractivity contribution in [1.29, 1.82) is 0 Å². The Hall–Kier alpha value is -1.47. The van der Waals surface area contributed by atoms with Crippen molar-refractivity contribution in [2.24, 2.45) is 5.73 Å². The summed E-state index contributed by atoms with van der Waals surface area (Å²) in [5.74, 6) is -1.82. The zero-order chi connectivity index (χ0) is 18.3. The molecule has 0 aliphatic carbocycles. The fourth-order valence-corrected chi connectivity index (χ4v) is 1.76. The van der Waals surface area contributed by atoms with Gasteiger partial charge >= 0.3 is 11.9 Å². The average molecular weight is 332 g/mol. The Labute approximate surface area is 138 Å². The molecule has 0 rings (SSSR count). The number of carbonyl (C=O) groups excluding carboxylic acids is 1. The van der Waals surface area contributed by atoms with Crippen LogP contribution in [-0.4, -0.2) is 59.5 Å². The smallest absolute Gasteiger partial charge is 0.320 e. The number of aliphatic carboxylic acids is 2. The predicted octanol–water partition coefficient (Wildman–Crippen LogP) is 1.74. The minimum Gasteiger partial charge on any atom is -0.481 e. The summed E-state index contributed by atoms with van der Waals surface area (Å²) >= 11 is 0. The van der Waals surface area contributed by atoms with Gasteiger partial charge < -0.3 is 20.8 Å². The molecule has 7 heteroatoms. The Morgan fingerprint density at radius 1 is 1.00 bits per heavy atom. The zero-order valence-corrected chi connectivity index (χ0v) is 14.6. The van der Waals surface area contributed by atoms with Gasteiger partial charge in [0.2, 0.25) is 0 Å². The molecule has 0 amide bonds. The highest BCUT2D eigenvalue weighted by Gasteiger charge is 2.12. The van der Waals surface area contributed by atoms with Gasteiger partial charge in [-0.3, -0.25) is 14.4 Å². The van der Waals surface area contributed by atoms with Gasteiger partial charge in [0.1, 0.15) is 11.8 Å². The summed E-state index contributed by atoms with van der Waals surface area (Å²) in [6, 6.07) is -1.06. The van der Waals surface area contributed by atoms with Crippen LogP contribution in [0.25, 0.3) is 0 Å². The summed E-state index contributed by atoms with van der Waals surface area (Å²) in [6.45, 7) is 2.81. The van der Waals surface area contributed by atoms with Crippen LogP contribution in [0, 0.1) is 0 Å². The van der Waals surface area contributed by atoms with Gasteiger partial charge in [-0.05, 0) is 26.9 Å². The predicted molar refractivity (Wildman–Crippen MR) is 89.4 cm³/mol. The fraction of sp³-hybridized carbons (Fsp3) is 0.812. The topological polar surface area (TPSA) is 121 Å². The molecule has 0 radical (unpaired) electrons. The summed E-state index contributed by atoms with van der Waals surface area (Å²) in [4.78, 5) is 33.1. The van der Waals surface area contributed by atoms with Gasteiger partial charge in [-0.15, -0.1) is 0 Å². The number of ketones is 1. The maximum Gasteiger partial charge on any atom is 0.320 e. The number of Topliss-reactive ketones (excluding diaryl/α,β-unsaturated/α-hetero) is 1. The molecule has 0 aromatic rings. The van der Waals surface area contributed by atoms with Crippen molar-refractivity contribution in [2.75, 3.05) is 20.6 Å². The molecule has 0 fully saturated rings. The lowest BCUT2D eigenvalue weighted by atomic mass is 10.1. The lowest BCUT2D eigenvalue weighted by molar-refractivity contribution is -0.139. The van der Waals surface area contributed by atoms with Crippen LogP contribution in [0.15, 0.2) is 0 Å². The Morgan fingerprint density at radius 2 is 1.57 bits per heavy atom. The summed E-state index contributed by atoms with van der Waals surface area (Å²) in [5, 5.41) is 16.3. The minimum absolute atomic E-state index is 0.0231. The molecule has 23 heavy (non-hydrogen) atoms. The molecule has 1 atom stereocenters. The van der Waals surface area contributed by atoms with E-state index in [0.717, 1.165) is 12.8 Å². The number of unbranched alkanes of at least 4 members (excludes halogenated alkanes) is 4. The van der Waals surface area contributed by atoms with Gasteiger partial charge in [0.25, 0.3) is 0 Å². The number of nitrogens with zero attached hydrogens (tertiary/aromatic N) is 1. The molecule has 136 valence electrons. The van der Waals surface area contributed by atoms with E-state index in [4.69, 9.17) is 15.9 Å². The molecule has 0 aliphatic heterocycles. The Balaban J connectivity index is 0. The lowest BCUT2D eigenvalue weighted by Gasteiger charge is -2.07. The van der Waals surface area contributed by atoms with Gasteiger partial charge in [0, 0.05) is 12.8 Å². The number of hydrogen-bond donors (Lipinski definition) is 3. The van der Waals surface area contributed by atoms with Gasteiger partial charge in [-0.25, -0.2) is 0 Å². The van der Waals surface area contributed by atoms with E-state index in [1.807, 2.05) is 19.0 Å². The molecule has 0 bridgehead atoms. The Kier molecular flexibility index (Phi) is 16.0. The number of carboxylic acids is 2. The first-order valence-corrected chi connectivity index (χ1v) is 8.07. The highest BCUT2D eigenvalue weighted by atomic mass is 16.4. The average Bonchev–Trinajstić information content (AvgIpc) is 2.44. The van der Waals surface area contributed by atoms with E-state index in [1.165, 1.54) is 25.7 Å². The third-order valence-electron chi connectivity index (χ3n) is 3.04. The van der Waals surface area contributed by atoms with Crippen LogP contribution >= 0.6 is 0 Å². The van der Waals surface area contributed by atoms with Crippen LogP contribution < -0.4 is 5.73 Å². The first-order valence-electron chi connectivity index (χ1n) is 8.07. The van der Waals surface area contributed by atoms with E-state index in [0.29, 0.717) is 12.3 Å². The van der Waals surface area contributed by atoms with Crippen LogP contribution in [0.2, 0.25) is 0 Å². The quantitative estimate of drug-likeness (QED) is 0.465. The molecular weight excluding hydrogens is 300 g/mol.